The van der Waals surface area contributed by atoms with Crippen molar-refractivity contribution in [1.29, 1.82) is 0 Å². The van der Waals surface area contributed by atoms with Gasteiger partial charge in [-0.1, -0.05) is 18.2 Å². The van der Waals surface area contributed by atoms with E-state index in [4.69, 9.17) is 0 Å². The van der Waals surface area contributed by atoms with Crippen molar-refractivity contribution in [1.82, 2.24) is 4.90 Å². The van der Waals surface area contributed by atoms with Gasteiger partial charge in [-0.2, -0.15) is 0 Å². The Morgan fingerprint density at radius 2 is 1.75 bits per heavy atom. The Balaban J connectivity index is 1.78. The molecular weight excluding hydrogens is 310 g/mol. The SMILES string of the molecule is Cc1cccc(N2CCN(Cc3c(F)cccc3F)[C@H](C)C2=O)c1. The lowest BCUT2D eigenvalue weighted by molar-refractivity contribution is -0.125. The van der Waals surface area contributed by atoms with Crippen LogP contribution in [0.15, 0.2) is 42.5 Å². The fraction of sp³-hybridized carbons (Fsp3) is 0.316. The van der Waals surface area contributed by atoms with Gasteiger partial charge in [0.2, 0.25) is 5.91 Å². The van der Waals surface area contributed by atoms with Gasteiger partial charge in [0.15, 0.2) is 0 Å². The molecule has 1 aliphatic heterocycles. The number of nitrogens with zero attached hydrogens (tertiary/aromatic N) is 2. The number of halogens is 2. The zero-order chi connectivity index (χ0) is 17.3. The van der Waals surface area contributed by atoms with Crippen LogP contribution in [0.1, 0.15) is 18.1 Å². The molecule has 3 nitrogen and oxygen atoms in total. The number of benzene rings is 2. The van der Waals surface area contributed by atoms with Crippen molar-refractivity contribution in [3.05, 3.63) is 65.2 Å². The van der Waals surface area contributed by atoms with Crippen LogP contribution in [0.25, 0.3) is 0 Å². The average molecular weight is 330 g/mol. The molecule has 2 aromatic carbocycles. The number of carbonyl (C=O) groups is 1. The molecule has 0 spiro atoms. The first kappa shape index (κ1) is 16.6. The minimum absolute atomic E-state index is 0.0150. The molecule has 1 atom stereocenters. The highest BCUT2D eigenvalue weighted by Crippen LogP contribution is 2.24. The fourth-order valence-corrected chi connectivity index (χ4v) is 3.07. The molecule has 24 heavy (non-hydrogen) atoms. The van der Waals surface area contributed by atoms with Crippen LogP contribution in [-0.4, -0.2) is 29.9 Å². The summed E-state index contributed by atoms with van der Waals surface area (Å²) >= 11 is 0. The van der Waals surface area contributed by atoms with Gasteiger partial charge in [-0.3, -0.25) is 9.69 Å². The van der Waals surface area contributed by atoms with Crippen LogP contribution >= 0.6 is 0 Å². The normalized spacial score (nSPS) is 18.9. The highest BCUT2D eigenvalue weighted by Gasteiger charge is 2.33. The van der Waals surface area contributed by atoms with Crippen molar-refractivity contribution in [2.45, 2.75) is 26.4 Å². The molecule has 1 saturated heterocycles. The smallest absolute Gasteiger partial charge is 0.244 e. The van der Waals surface area contributed by atoms with Gasteiger partial charge in [0.25, 0.3) is 0 Å². The molecule has 0 radical (unpaired) electrons. The van der Waals surface area contributed by atoms with E-state index < -0.39 is 17.7 Å². The van der Waals surface area contributed by atoms with Crippen molar-refractivity contribution >= 4 is 11.6 Å². The minimum atomic E-state index is -0.573. The van der Waals surface area contributed by atoms with Crippen LogP contribution in [0.5, 0.6) is 0 Å². The first-order valence-electron chi connectivity index (χ1n) is 8.02. The topological polar surface area (TPSA) is 23.6 Å². The lowest BCUT2D eigenvalue weighted by atomic mass is 10.1. The molecule has 1 amide bonds. The van der Waals surface area contributed by atoms with Crippen LogP contribution in [0.2, 0.25) is 0 Å². The van der Waals surface area contributed by atoms with Gasteiger partial charge in [0.1, 0.15) is 11.6 Å². The van der Waals surface area contributed by atoms with Gasteiger partial charge in [-0.15, -0.1) is 0 Å². The highest BCUT2D eigenvalue weighted by molar-refractivity contribution is 5.97. The summed E-state index contributed by atoms with van der Waals surface area (Å²) in [5.41, 5.74) is 1.97. The zero-order valence-corrected chi connectivity index (χ0v) is 13.8. The summed E-state index contributed by atoms with van der Waals surface area (Å²) in [6.07, 6.45) is 0. The molecule has 3 rings (SSSR count). The number of amides is 1. The van der Waals surface area contributed by atoms with E-state index in [0.717, 1.165) is 11.3 Å². The number of carbonyl (C=O) groups excluding carboxylic acids is 1. The number of anilines is 1. The largest absolute Gasteiger partial charge is 0.310 e. The van der Waals surface area contributed by atoms with E-state index in [1.54, 1.807) is 11.8 Å². The van der Waals surface area contributed by atoms with Gasteiger partial charge in [0, 0.05) is 30.9 Å². The van der Waals surface area contributed by atoms with Gasteiger partial charge >= 0.3 is 0 Å². The summed E-state index contributed by atoms with van der Waals surface area (Å²) in [6.45, 7) is 4.92. The monoisotopic (exact) mass is 330 g/mol. The lowest BCUT2D eigenvalue weighted by Crippen LogP contribution is -2.55. The number of hydrogen-bond acceptors (Lipinski definition) is 2. The summed E-state index contributed by atoms with van der Waals surface area (Å²) in [7, 11) is 0. The van der Waals surface area contributed by atoms with E-state index in [1.807, 2.05) is 36.1 Å². The first-order valence-corrected chi connectivity index (χ1v) is 8.02. The van der Waals surface area contributed by atoms with Crippen LogP contribution in [0, 0.1) is 18.6 Å². The summed E-state index contributed by atoms with van der Waals surface area (Å²) < 4.78 is 27.7. The third-order valence-electron chi connectivity index (χ3n) is 4.52. The zero-order valence-electron chi connectivity index (χ0n) is 13.8. The number of aryl methyl sites for hydroxylation is 1. The average Bonchev–Trinajstić information content (AvgIpc) is 2.55. The molecule has 5 heteroatoms. The van der Waals surface area contributed by atoms with E-state index in [2.05, 4.69) is 0 Å². The van der Waals surface area contributed by atoms with E-state index in [1.165, 1.54) is 18.2 Å². The number of hydrogen-bond donors (Lipinski definition) is 0. The number of piperazine rings is 1. The quantitative estimate of drug-likeness (QED) is 0.860. The molecule has 0 unspecified atom stereocenters. The molecule has 0 bridgehead atoms. The van der Waals surface area contributed by atoms with E-state index in [9.17, 15) is 13.6 Å². The second-order valence-electron chi connectivity index (χ2n) is 6.18. The molecule has 1 aliphatic rings. The van der Waals surface area contributed by atoms with E-state index in [0.29, 0.717) is 13.1 Å². The Morgan fingerprint density at radius 1 is 1.08 bits per heavy atom. The summed E-state index contributed by atoms with van der Waals surface area (Å²) in [6, 6.07) is 11.2. The molecule has 0 N–H and O–H groups in total. The van der Waals surface area contributed by atoms with Crippen molar-refractivity contribution < 1.29 is 13.6 Å². The van der Waals surface area contributed by atoms with Crippen LogP contribution in [0.3, 0.4) is 0 Å². The Bertz CT molecular complexity index is 743. The summed E-state index contributed by atoms with van der Waals surface area (Å²) in [4.78, 5) is 16.3. The van der Waals surface area contributed by atoms with Crippen molar-refractivity contribution in [3.8, 4) is 0 Å². The molecule has 1 heterocycles. The lowest BCUT2D eigenvalue weighted by Gasteiger charge is -2.39. The van der Waals surface area contributed by atoms with Crippen LogP contribution < -0.4 is 4.90 Å². The van der Waals surface area contributed by atoms with Crippen molar-refractivity contribution in [2.24, 2.45) is 0 Å². The maximum absolute atomic E-state index is 13.9. The first-order chi connectivity index (χ1) is 11.5. The van der Waals surface area contributed by atoms with E-state index >= 15 is 0 Å². The highest BCUT2D eigenvalue weighted by atomic mass is 19.1. The van der Waals surface area contributed by atoms with Gasteiger partial charge in [0.05, 0.1) is 6.04 Å². The Kier molecular flexibility index (Phi) is 4.62. The third-order valence-corrected chi connectivity index (χ3v) is 4.52. The fourth-order valence-electron chi connectivity index (χ4n) is 3.07. The van der Waals surface area contributed by atoms with Gasteiger partial charge in [-0.25, -0.2) is 8.78 Å². The van der Waals surface area contributed by atoms with Gasteiger partial charge < -0.3 is 4.90 Å². The predicted octanol–water partition coefficient (Wildman–Crippen LogP) is 3.51. The molecule has 1 fully saturated rings. The Labute approximate surface area is 140 Å². The molecular formula is C19H20F2N2O. The second-order valence-corrected chi connectivity index (χ2v) is 6.18. The van der Waals surface area contributed by atoms with Crippen molar-refractivity contribution in [3.63, 3.8) is 0 Å². The molecule has 0 saturated carbocycles. The second kappa shape index (κ2) is 6.69. The Morgan fingerprint density at radius 3 is 2.42 bits per heavy atom. The van der Waals surface area contributed by atoms with Crippen LogP contribution in [0.4, 0.5) is 14.5 Å². The van der Waals surface area contributed by atoms with Crippen LogP contribution in [-0.2, 0) is 11.3 Å². The Hall–Kier alpha value is -2.27. The molecule has 0 aliphatic carbocycles. The molecule has 0 aromatic heterocycles. The molecule has 126 valence electrons. The molecule has 2 aromatic rings. The predicted molar refractivity (Wildman–Crippen MR) is 89.8 cm³/mol. The maximum Gasteiger partial charge on any atom is 0.244 e. The third kappa shape index (κ3) is 3.17. The summed E-state index contributed by atoms with van der Waals surface area (Å²) in [5.74, 6) is -1.20. The number of rotatable bonds is 3. The van der Waals surface area contributed by atoms with Crippen molar-refractivity contribution in [2.75, 3.05) is 18.0 Å². The van der Waals surface area contributed by atoms with E-state index in [-0.39, 0.29) is 18.0 Å². The standard InChI is InChI=1S/C19H20F2N2O/c1-13-5-3-6-15(11-13)23-10-9-22(14(2)19(23)24)12-16-17(20)7-4-8-18(16)21/h3-8,11,14H,9-10,12H2,1-2H3/t14-/m1/s1. The summed E-state index contributed by atoms with van der Waals surface area (Å²) in [5, 5.41) is 0. The maximum atomic E-state index is 13.9. The van der Waals surface area contributed by atoms with Gasteiger partial charge in [-0.05, 0) is 43.7 Å². The minimum Gasteiger partial charge on any atom is -0.310 e.